The smallest absolute Gasteiger partial charge is 0.313 e. The van der Waals surface area contributed by atoms with E-state index < -0.39 is 11.4 Å². The van der Waals surface area contributed by atoms with Crippen LogP contribution in [-0.2, 0) is 9.53 Å². The van der Waals surface area contributed by atoms with E-state index in [0.29, 0.717) is 31.8 Å². The topological polar surface area (TPSA) is 85.9 Å². The number of carbonyl (C=O) groups excluding carboxylic acids is 1. The molecule has 2 aromatic rings. The van der Waals surface area contributed by atoms with Gasteiger partial charge in [0.1, 0.15) is 5.41 Å². The van der Waals surface area contributed by atoms with Crippen LogP contribution in [0.15, 0.2) is 18.2 Å². The Balaban J connectivity index is 1.56. The zero-order chi connectivity index (χ0) is 20.1. The van der Waals surface area contributed by atoms with Crippen molar-refractivity contribution in [2.45, 2.75) is 13.8 Å². The molecule has 0 saturated carbocycles. The van der Waals surface area contributed by atoms with Crippen molar-refractivity contribution in [2.75, 3.05) is 46.4 Å². The Hall–Kier alpha value is -2.38. The molecule has 28 heavy (non-hydrogen) atoms. The van der Waals surface area contributed by atoms with Gasteiger partial charge in [0.15, 0.2) is 0 Å². The number of hydrogen-bond acceptors (Lipinski definition) is 4. The molecule has 2 atom stereocenters. The van der Waals surface area contributed by atoms with Crippen LogP contribution in [-0.4, -0.2) is 78.2 Å². The lowest BCUT2D eigenvalue weighted by molar-refractivity contribution is -0.148. The van der Waals surface area contributed by atoms with Gasteiger partial charge in [0.05, 0.1) is 6.61 Å². The Morgan fingerprint density at radius 1 is 1.29 bits per heavy atom. The van der Waals surface area contributed by atoms with Gasteiger partial charge in [-0.3, -0.25) is 14.5 Å². The first-order chi connectivity index (χ1) is 13.4. The zero-order valence-corrected chi connectivity index (χ0v) is 16.6. The van der Waals surface area contributed by atoms with E-state index in [1.54, 1.807) is 12.0 Å². The van der Waals surface area contributed by atoms with Crippen LogP contribution in [0.1, 0.15) is 21.6 Å². The van der Waals surface area contributed by atoms with Crippen LogP contribution in [0.5, 0.6) is 0 Å². The van der Waals surface area contributed by atoms with Crippen molar-refractivity contribution >= 4 is 22.8 Å². The molecule has 2 saturated heterocycles. The second-order valence-corrected chi connectivity index (χ2v) is 8.21. The number of nitrogens with zero attached hydrogens (tertiary/aromatic N) is 2. The van der Waals surface area contributed by atoms with E-state index in [0.717, 1.165) is 28.7 Å². The lowest BCUT2D eigenvalue weighted by atomic mass is 9.81. The van der Waals surface area contributed by atoms with Gasteiger partial charge in [0, 0.05) is 67.9 Å². The standard InChI is InChI=1S/C21H27N3O4/c1-13-14(2)22-18-5-4-15(8-17(13)18)19(25)24-10-16-9-23(6-7-28-3)11-21(16,12-24)20(26)27/h4-5,8,16,22H,6-7,9-12H2,1-3H3,(H,26,27)/t16-,21-/m1/s1. The average molecular weight is 385 g/mol. The SMILES string of the molecule is COCCN1C[C@@H]2CN(C(=O)c3ccc4[nH]c(C)c(C)c4c3)C[C@]2(C(=O)O)C1. The van der Waals surface area contributed by atoms with E-state index in [2.05, 4.69) is 9.88 Å². The van der Waals surface area contributed by atoms with Crippen LogP contribution >= 0.6 is 0 Å². The van der Waals surface area contributed by atoms with Crippen LogP contribution in [0.4, 0.5) is 0 Å². The molecule has 2 N–H and O–H groups in total. The summed E-state index contributed by atoms with van der Waals surface area (Å²) in [4.78, 5) is 32.5. The summed E-state index contributed by atoms with van der Waals surface area (Å²) in [6, 6.07) is 5.67. The third-order valence-corrected chi connectivity index (χ3v) is 6.56. The average Bonchev–Trinajstić information content (AvgIpc) is 3.29. The third kappa shape index (κ3) is 2.89. The molecule has 2 aliphatic heterocycles. The van der Waals surface area contributed by atoms with Gasteiger partial charge in [-0.25, -0.2) is 0 Å². The van der Waals surface area contributed by atoms with E-state index in [9.17, 15) is 14.7 Å². The summed E-state index contributed by atoms with van der Waals surface area (Å²) in [5, 5.41) is 11.0. The molecule has 2 fully saturated rings. The van der Waals surface area contributed by atoms with Crippen LogP contribution in [0.2, 0.25) is 0 Å². The number of rotatable bonds is 5. The number of benzene rings is 1. The molecular weight excluding hydrogens is 358 g/mol. The van der Waals surface area contributed by atoms with Crippen molar-refractivity contribution in [3.05, 3.63) is 35.0 Å². The molecule has 7 heteroatoms. The number of hydrogen-bond donors (Lipinski definition) is 2. The van der Waals surface area contributed by atoms with Crippen molar-refractivity contribution in [1.29, 1.82) is 0 Å². The van der Waals surface area contributed by atoms with Gasteiger partial charge in [0.25, 0.3) is 5.91 Å². The number of likely N-dealkylation sites (tertiary alicyclic amines) is 2. The van der Waals surface area contributed by atoms with Gasteiger partial charge in [0.2, 0.25) is 0 Å². The van der Waals surface area contributed by atoms with Crippen molar-refractivity contribution in [3.8, 4) is 0 Å². The monoisotopic (exact) mass is 385 g/mol. The molecule has 7 nitrogen and oxygen atoms in total. The van der Waals surface area contributed by atoms with Crippen molar-refractivity contribution in [1.82, 2.24) is 14.8 Å². The van der Waals surface area contributed by atoms with Crippen molar-refractivity contribution < 1.29 is 19.4 Å². The van der Waals surface area contributed by atoms with Gasteiger partial charge in [-0.05, 0) is 37.6 Å². The number of carbonyl (C=O) groups is 2. The molecular formula is C21H27N3O4. The molecule has 0 unspecified atom stereocenters. The normalized spacial score (nSPS) is 24.8. The first-order valence-corrected chi connectivity index (χ1v) is 9.68. The number of fused-ring (bicyclic) bond motifs is 2. The molecule has 3 heterocycles. The molecule has 2 aliphatic rings. The number of aromatic amines is 1. The van der Waals surface area contributed by atoms with Gasteiger partial charge in [-0.15, -0.1) is 0 Å². The summed E-state index contributed by atoms with van der Waals surface area (Å²) in [7, 11) is 1.65. The van der Waals surface area contributed by atoms with Gasteiger partial charge in [-0.2, -0.15) is 0 Å². The van der Waals surface area contributed by atoms with E-state index in [1.165, 1.54) is 0 Å². The number of ether oxygens (including phenoxy) is 1. The Morgan fingerprint density at radius 2 is 2.07 bits per heavy atom. The maximum Gasteiger partial charge on any atom is 0.313 e. The predicted octanol–water partition coefficient (Wildman–Crippen LogP) is 1.89. The first kappa shape index (κ1) is 19.0. The van der Waals surface area contributed by atoms with Gasteiger partial charge >= 0.3 is 5.97 Å². The number of aliphatic carboxylic acids is 1. The van der Waals surface area contributed by atoms with Crippen LogP contribution in [0.3, 0.4) is 0 Å². The highest BCUT2D eigenvalue weighted by Crippen LogP contribution is 2.43. The molecule has 4 rings (SSSR count). The summed E-state index contributed by atoms with van der Waals surface area (Å²) >= 11 is 0. The largest absolute Gasteiger partial charge is 0.481 e. The summed E-state index contributed by atoms with van der Waals surface area (Å²) in [5.74, 6) is -0.940. The number of carboxylic acids is 1. The number of H-pyrrole nitrogens is 1. The fourth-order valence-corrected chi connectivity index (χ4v) is 4.79. The summed E-state index contributed by atoms with van der Waals surface area (Å²) in [6.45, 7) is 7.26. The molecule has 0 aliphatic carbocycles. The third-order valence-electron chi connectivity index (χ3n) is 6.56. The lowest BCUT2D eigenvalue weighted by Crippen LogP contribution is -2.42. The van der Waals surface area contributed by atoms with Crippen LogP contribution in [0.25, 0.3) is 10.9 Å². The summed E-state index contributed by atoms with van der Waals surface area (Å²) in [6.07, 6.45) is 0. The number of nitrogens with one attached hydrogen (secondary N) is 1. The number of amides is 1. The Kier molecular flexibility index (Phi) is 4.67. The zero-order valence-electron chi connectivity index (χ0n) is 16.6. The fraction of sp³-hybridized carbons (Fsp3) is 0.524. The number of carboxylic acid groups (broad SMARTS) is 1. The molecule has 1 aromatic heterocycles. The predicted molar refractivity (Wildman–Crippen MR) is 106 cm³/mol. The Morgan fingerprint density at radius 3 is 2.75 bits per heavy atom. The van der Waals surface area contributed by atoms with Gasteiger partial charge < -0.3 is 19.7 Å². The second-order valence-electron chi connectivity index (χ2n) is 8.21. The maximum absolute atomic E-state index is 13.1. The van der Waals surface area contributed by atoms with Crippen molar-refractivity contribution in [3.63, 3.8) is 0 Å². The minimum absolute atomic E-state index is 0.0502. The Labute approximate surface area is 164 Å². The van der Waals surface area contributed by atoms with E-state index in [-0.39, 0.29) is 18.4 Å². The molecule has 150 valence electrons. The molecule has 1 aromatic carbocycles. The molecule has 0 bridgehead atoms. The minimum Gasteiger partial charge on any atom is -0.481 e. The molecule has 0 radical (unpaired) electrons. The highest BCUT2D eigenvalue weighted by atomic mass is 16.5. The van der Waals surface area contributed by atoms with Crippen molar-refractivity contribution in [2.24, 2.45) is 11.3 Å². The molecule has 0 spiro atoms. The van der Waals surface area contributed by atoms with Gasteiger partial charge in [-0.1, -0.05) is 0 Å². The van der Waals surface area contributed by atoms with E-state index in [4.69, 9.17) is 4.74 Å². The molecule has 1 amide bonds. The summed E-state index contributed by atoms with van der Waals surface area (Å²) in [5.41, 5.74) is 2.98. The minimum atomic E-state index is -0.881. The highest BCUT2D eigenvalue weighted by Gasteiger charge is 2.58. The quantitative estimate of drug-likeness (QED) is 0.821. The number of methoxy groups -OCH3 is 1. The van der Waals surface area contributed by atoms with Crippen LogP contribution in [0, 0.1) is 25.2 Å². The highest BCUT2D eigenvalue weighted by molar-refractivity contribution is 5.99. The fourth-order valence-electron chi connectivity index (χ4n) is 4.79. The maximum atomic E-state index is 13.1. The van der Waals surface area contributed by atoms with Crippen LogP contribution < -0.4 is 0 Å². The second kappa shape index (κ2) is 6.90. The Bertz CT molecular complexity index is 937. The van der Waals surface area contributed by atoms with E-state index >= 15 is 0 Å². The summed E-state index contributed by atoms with van der Waals surface area (Å²) < 4.78 is 5.13. The lowest BCUT2D eigenvalue weighted by Gasteiger charge is -2.25. The van der Waals surface area contributed by atoms with E-state index in [1.807, 2.05) is 32.0 Å². The number of aromatic nitrogens is 1. The first-order valence-electron chi connectivity index (χ1n) is 9.68. The number of aryl methyl sites for hydroxylation is 2.